The van der Waals surface area contributed by atoms with Gasteiger partial charge in [0.15, 0.2) is 52.4 Å². The molecule has 21 aromatic rings. The molecule has 606 valence electrons. The Labute approximate surface area is 745 Å². The summed E-state index contributed by atoms with van der Waals surface area (Å²) in [7, 11) is 0. The van der Waals surface area contributed by atoms with Crippen LogP contribution < -0.4 is 0 Å². The average Bonchev–Trinajstić information content (AvgIpc) is 1.78. The second kappa shape index (κ2) is 34.7. The molecule has 15 nitrogen and oxygen atoms in total. The predicted octanol–water partition coefficient (Wildman–Crippen LogP) is 25.7. The van der Waals surface area contributed by atoms with Crippen LogP contribution in [0.4, 0.5) is 0 Å². The van der Waals surface area contributed by atoms with Crippen molar-refractivity contribution in [2.45, 2.75) is 19.3 Å². The van der Waals surface area contributed by atoms with Crippen LogP contribution >= 0.6 is 0 Å². The van der Waals surface area contributed by atoms with Crippen molar-refractivity contribution in [2.75, 3.05) is 0 Å². The lowest BCUT2D eigenvalue weighted by molar-refractivity contribution is 1.07. The van der Waals surface area contributed by atoms with E-state index in [1.165, 1.54) is 66.8 Å². The Morgan fingerprint density at radius 1 is 0.147 bits per heavy atom. The van der Waals surface area contributed by atoms with Gasteiger partial charge in [0, 0.05) is 130 Å². The molecule has 0 amide bonds. The Morgan fingerprint density at radius 2 is 0.403 bits per heavy atom. The molecule has 12 aromatic carbocycles. The Balaban J connectivity index is 0.000000114. The fourth-order valence-electron chi connectivity index (χ4n) is 17.3. The van der Waals surface area contributed by atoms with Crippen LogP contribution in [0, 0.1) is 0 Å². The van der Waals surface area contributed by atoms with E-state index in [9.17, 15) is 0 Å². The van der Waals surface area contributed by atoms with Gasteiger partial charge in [-0.25, -0.2) is 44.9 Å². The van der Waals surface area contributed by atoms with E-state index in [2.05, 4.69) is 207 Å². The third kappa shape index (κ3) is 16.0. The summed E-state index contributed by atoms with van der Waals surface area (Å²) in [5.74, 6) is 5.86. The minimum absolute atomic E-state index is 0.643. The van der Waals surface area contributed by atoms with Gasteiger partial charge >= 0.3 is 0 Å². The van der Waals surface area contributed by atoms with E-state index in [-0.39, 0.29) is 0 Å². The van der Waals surface area contributed by atoms with Crippen molar-refractivity contribution in [3.8, 4) is 203 Å². The minimum Gasteiger partial charge on any atom is -0.264 e. The van der Waals surface area contributed by atoms with E-state index in [1.54, 1.807) is 0 Å². The van der Waals surface area contributed by atoms with Crippen LogP contribution in [0.25, 0.3) is 203 Å². The Hall–Kier alpha value is -17.4. The summed E-state index contributed by atoms with van der Waals surface area (Å²) in [4.78, 5) is 71.3. The Kier molecular flexibility index (Phi) is 20.9. The number of pyridine rings is 6. The summed E-state index contributed by atoms with van der Waals surface area (Å²) in [6.45, 7) is 0. The van der Waals surface area contributed by atoms with Crippen LogP contribution in [0.5, 0.6) is 0 Å². The molecule has 0 bridgehead atoms. The lowest BCUT2D eigenvalue weighted by Gasteiger charge is -2.12. The monoisotopic (exact) mass is 1650 g/mol. The third-order valence-corrected chi connectivity index (χ3v) is 23.7. The molecule has 3 aliphatic carbocycles. The van der Waals surface area contributed by atoms with Crippen LogP contribution in [0.1, 0.15) is 33.4 Å². The molecule has 9 heterocycles. The molecule has 0 saturated carbocycles. The van der Waals surface area contributed by atoms with Gasteiger partial charge in [-0.3, -0.25) is 29.9 Å². The number of rotatable bonds is 15. The quantitative estimate of drug-likeness (QED) is 0.0940. The van der Waals surface area contributed by atoms with Gasteiger partial charge in [0.05, 0.1) is 22.8 Å². The smallest absolute Gasteiger partial charge is 0.164 e. The highest BCUT2D eigenvalue weighted by molar-refractivity contribution is 5.88. The number of nitrogens with zero attached hydrogens (tertiary/aromatic N) is 15. The zero-order valence-electron chi connectivity index (χ0n) is 69.7. The molecule has 0 atom stereocenters. The van der Waals surface area contributed by atoms with Crippen molar-refractivity contribution < 1.29 is 0 Å². The summed E-state index contributed by atoms with van der Waals surface area (Å²) in [5, 5.41) is 0. The summed E-state index contributed by atoms with van der Waals surface area (Å²) in [5.41, 5.74) is 36.2. The molecule has 9 aromatic heterocycles. The summed E-state index contributed by atoms with van der Waals surface area (Å²) in [6, 6.07) is 126. The highest BCUT2D eigenvalue weighted by atomic mass is 15.1. The van der Waals surface area contributed by atoms with Crippen molar-refractivity contribution in [1.82, 2.24) is 74.8 Å². The molecular weight excluding hydrogens is 1580 g/mol. The van der Waals surface area contributed by atoms with E-state index in [4.69, 9.17) is 49.8 Å². The fraction of sp³-hybridized carbons (Fsp3) is 0.0263. The number of hydrogen-bond acceptors (Lipinski definition) is 15. The van der Waals surface area contributed by atoms with Crippen LogP contribution in [0.15, 0.2) is 420 Å². The van der Waals surface area contributed by atoms with E-state index in [0.29, 0.717) is 52.4 Å². The molecule has 129 heavy (non-hydrogen) atoms. The van der Waals surface area contributed by atoms with E-state index < -0.39 is 0 Å². The molecule has 0 N–H and O–H groups in total. The van der Waals surface area contributed by atoms with E-state index in [1.807, 2.05) is 238 Å². The molecule has 0 fully saturated rings. The maximum atomic E-state index is 4.92. The first-order valence-electron chi connectivity index (χ1n) is 42.9. The molecule has 0 spiro atoms. The molecule has 0 saturated heterocycles. The van der Waals surface area contributed by atoms with Gasteiger partial charge in [-0.15, -0.1) is 0 Å². The molecule has 0 unspecified atom stereocenters. The Bertz CT molecular complexity index is 7260. The van der Waals surface area contributed by atoms with E-state index >= 15 is 0 Å². The normalized spacial score (nSPS) is 11.6. The number of fused-ring (bicyclic) bond motifs is 9. The van der Waals surface area contributed by atoms with Crippen LogP contribution in [-0.2, 0) is 19.3 Å². The number of aromatic nitrogens is 15. The first-order valence-corrected chi connectivity index (χ1v) is 42.9. The third-order valence-electron chi connectivity index (χ3n) is 23.7. The zero-order valence-corrected chi connectivity index (χ0v) is 69.7. The summed E-state index contributed by atoms with van der Waals surface area (Å²) < 4.78 is 0. The standard InChI is InChI=1S/3C38H25N5/c1-3-9-25(10-4-1)36-41-37(26-11-5-2-6-12-26)43-38(42-36)31-16-8-14-28(22-31)27-13-7-15-29(21-27)32-18-20-40-35-33(32)23-30-17-19-39-24-34(30)35;1-3-9-27(10-4-1)36-41-37(28-11-5-2-6-12-28)43-38(42-36)31-14-7-13-29(23-31)25-16-18-26(19-17-25)32-20-22-40-35-33(32)24-30-15-8-21-39-34(30)35;1-3-8-27(9-4-1)36-41-37(28-10-5-2-6-11-28)43-38(42-36)31-13-7-12-29(22-31)25-14-16-26(17-15-25)32-19-21-40-35-33(32)23-30-18-20-39-24-34(30)35/h1-22,24H,23H2;1-23H,24H2;1-22,24H,23H2. The maximum absolute atomic E-state index is 4.92. The SMILES string of the molecule is c1ccc(-c2nc(-c3ccccc3)nc(-c3cccc(-c4ccc(-c5ccnc6c5Cc5cccnc5-6)cc4)c3)n2)cc1.c1ccc(-c2nc(-c3ccccc3)nc(-c3cccc(-c4ccc(-c5ccnc6c5Cc5ccncc5-6)cc4)c3)n2)cc1.c1ccc(-c2nc(-c3ccccc3)nc(-c3cccc(-c4cccc(-c5ccnc6c5Cc5ccncc5-6)c4)c3)n2)cc1. The molecule has 15 heteroatoms. The summed E-state index contributed by atoms with van der Waals surface area (Å²) in [6.07, 6.45) is 17.7. The van der Waals surface area contributed by atoms with E-state index in [0.717, 1.165) is 137 Å². The fourth-order valence-corrected chi connectivity index (χ4v) is 17.3. The first-order chi connectivity index (χ1) is 63.9. The average molecular weight is 1650 g/mol. The lowest BCUT2D eigenvalue weighted by Crippen LogP contribution is -2.00. The van der Waals surface area contributed by atoms with Crippen LogP contribution in [0.2, 0.25) is 0 Å². The first kappa shape index (κ1) is 77.6. The topological polar surface area (TPSA) is 193 Å². The molecule has 3 aliphatic rings. The van der Waals surface area contributed by atoms with Crippen molar-refractivity contribution in [3.05, 3.63) is 453 Å². The van der Waals surface area contributed by atoms with Crippen molar-refractivity contribution >= 4 is 0 Å². The van der Waals surface area contributed by atoms with Gasteiger partial charge in [-0.1, -0.05) is 309 Å². The summed E-state index contributed by atoms with van der Waals surface area (Å²) >= 11 is 0. The van der Waals surface area contributed by atoms with Crippen molar-refractivity contribution in [1.29, 1.82) is 0 Å². The molecule has 0 aliphatic heterocycles. The molecule has 24 rings (SSSR count). The molecule has 0 radical (unpaired) electrons. The minimum atomic E-state index is 0.643. The van der Waals surface area contributed by atoms with Crippen LogP contribution in [-0.4, -0.2) is 74.8 Å². The lowest BCUT2D eigenvalue weighted by atomic mass is 9.95. The Morgan fingerprint density at radius 3 is 0.752 bits per heavy atom. The number of benzene rings is 12. The highest BCUT2D eigenvalue weighted by Crippen LogP contribution is 2.45. The van der Waals surface area contributed by atoms with Gasteiger partial charge in [0.25, 0.3) is 0 Å². The second-order valence-electron chi connectivity index (χ2n) is 31.8. The molecular formula is C114H75N15. The zero-order chi connectivity index (χ0) is 85.8. The second-order valence-corrected chi connectivity index (χ2v) is 31.8. The van der Waals surface area contributed by atoms with Crippen LogP contribution in [0.3, 0.4) is 0 Å². The van der Waals surface area contributed by atoms with Gasteiger partial charge in [0.1, 0.15) is 0 Å². The number of hydrogen-bond donors (Lipinski definition) is 0. The van der Waals surface area contributed by atoms with Gasteiger partial charge in [-0.2, -0.15) is 0 Å². The van der Waals surface area contributed by atoms with Gasteiger partial charge in [-0.05, 0) is 161 Å². The van der Waals surface area contributed by atoms with Crippen molar-refractivity contribution in [3.63, 3.8) is 0 Å². The van der Waals surface area contributed by atoms with Crippen molar-refractivity contribution in [2.24, 2.45) is 0 Å². The maximum Gasteiger partial charge on any atom is 0.164 e. The van der Waals surface area contributed by atoms with Gasteiger partial charge < -0.3 is 0 Å². The largest absolute Gasteiger partial charge is 0.264 e. The van der Waals surface area contributed by atoms with Gasteiger partial charge in [0.2, 0.25) is 0 Å². The highest BCUT2D eigenvalue weighted by Gasteiger charge is 2.28. The predicted molar refractivity (Wildman–Crippen MR) is 513 cm³/mol.